The van der Waals surface area contributed by atoms with Gasteiger partial charge in [0.05, 0.1) is 12.6 Å². The van der Waals surface area contributed by atoms with E-state index in [4.69, 9.17) is 0 Å². The van der Waals surface area contributed by atoms with Crippen LogP contribution in [0.2, 0.25) is 0 Å². The molecule has 0 bridgehead atoms. The van der Waals surface area contributed by atoms with Gasteiger partial charge in [0.2, 0.25) is 0 Å². The average molecular weight is 426 g/mol. The number of phenolic OH excluding ortho intramolecular Hbond substituents is 1. The Hall–Kier alpha value is -1.95. The summed E-state index contributed by atoms with van der Waals surface area (Å²) in [5, 5.41) is 20.5. The van der Waals surface area contributed by atoms with Crippen molar-refractivity contribution < 1.29 is 10.2 Å². The molecule has 170 valence electrons. The number of nitrogens with zero attached hydrogens (tertiary/aromatic N) is 3. The molecule has 3 rings (SSSR count). The van der Waals surface area contributed by atoms with Crippen LogP contribution in [-0.2, 0) is 10.8 Å². The SMILES string of the molecule is CC(C)(C)c1cc([C@@H](c2cccnc2)N2CCN(CCO)CC2)cc(C(C)(C)C)c1O. The van der Waals surface area contributed by atoms with Crippen molar-refractivity contribution in [2.75, 3.05) is 39.3 Å². The molecule has 2 aromatic rings. The van der Waals surface area contributed by atoms with Gasteiger partial charge in [0, 0.05) is 45.1 Å². The number of piperazine rings is 1. The Morgan fingerprint density at radius 3 is 1.97 bits per heavy atom. The van der Waals surface area contributed by atoms with Gasteiger partial charge in [-0.05, 0) is 51.3 Å². The van der Waals surface area contributed by atoms with Gasteiger partial charge in [0.1, 0.15) is 5.75 Å². The fraction of sp³-hybridized carbons (Fsp3) is 0.577. The highest BCUT2D eigenvalue weighted by Gasteiger charge is 2.31. The summed E-state index contributed by atoms with van der Waals surface area (Å²) in [5.74, 6) is 0.418. The van der Waals surface area contributed by atoms with E-state index in [1.807, 2.05) is 18.5 Å². The quantitative estimate of drug-likeness (QED) is 0.756. The van der Waals surface area contributed by atoms with E-state index in [-0.39, 0.29) is 23.5 Å². The number of aromatic nitrogens is 1. The smallest absolute Gasteiger partial charge is 0.123 e. The molecule has 0 amide bonds. The van der Waals surface area contributed by atoms with Crippen LogP contribution >= 0.6 is 0 Å². The standard InChI is InChI=1S/C26H39N3O2/c1-25(2,3)21-16-20(17-22(24(21)31)26(4,5)6)23(19-8-7-9-27-18-19)29-12-10-28(11-13-29)14-15-30/h7-9,16-18,23,30-31H,10-15H2,1-6H3/t23-/m1/s1. The maximum absolute atomic E-state index is 11.2. The van der Waals surface area contributed by atoms with Crippen LogP contribution in [0.25, 0.3) is 0 Å². The van der Waals surface area contributed by atoms with Gasteiger partial charge in [-0.3, -0.25) is 14.8 Å². The van der Waals surface area contributed by atoms with E-state index in [1.165, 1.54) is 11.1 Å². The zero-order valence-electron chi connectivity index (χ0n) is 20.0. The second-order valence-corrected chi connectivity index (χ2v) is 10.8. The van der Waals surface area contributed by atoms with E-state index in [0.29, 0.717) is 5.75 Å². The summed E-state index contributed by atoms with van der Waals surface area (Å²) in [6.45, 7) is 17.6. The van der Waals surface area contributed by atoms with Crippen molar-refractivity contribution in [2.45, 2.75) is 58.4 Å². The Labute approximate surface area is 187 Å². The molecule has 1 aromatic heterocycles. The molecule has 1 aliphatic heterocycles. The number of aliphatic hydroxyl groups is 1. The maximum Gasteiger partial charge on any atom is 0.123 e. The van der Waals surface area contributed by atoms with Gasteiger partial charge in [0.15, 0.2) is 0 Å². The Balaban J connectivity index is 2.11. The van der Waals surface area contributed by atoms with E-state index < -0.39 is 0 Å². The Morgan fingerprint density at radius 2 is 1.52 bits per heavy atom. The van der Waals surface area contributed by atoms with Crippen molar-refractivity contribution in [2.24, 2.45) is 0 Å². The Bertz CT molecular complexity index is 825. The van der Waals surface area contributed by atoms with Gasteiger partial charge in [0.25, 0.3) is 0 Å². The number of β-amino-alcohol motifs (C(OH)–C–C–N with tert-alkyl or cyclic N) is 1. The largest absolute Gasteiger partial charge is 0.507 e. The fourth-order valence-corrected chi connectivity index (χ4v) is 4.50. The molecular formula is C26H39N3O2. The van der Waals surface area contributed by atoms with Gasteiger partial charge in [-0.2, -0.15) is 0 Å². The highest BCUT2D eigenvalue weighted by molar-refractivity contribution is 5.51. The summed E-state index contributed by atoms with van der Waals surface area (Å²) in [6.07, 6.45) is 3.78. The molecular weight excluding hydrogens is 386 g/mol. The number of hydrogen-bond donors (Lipinski definition) is 2. The minimum Gasteiger partial charge on any atom is -0.507 e. The first-order valence-corrected chi connectivity index (χ1v) is 11.4. The molecule has 5 nitrogen and oxygen atoms in total. The lowest BCUT2D eigenvalue weighted by Crippen LogP contribution is -2.48. The minimum absolute atomic E-state index is 0.0766. The molecule has 2 N–H and O–H groups in total. The van der Waals surface area contributed by atoms with Crippen molar-refractivity contribution in [1.29, 1.82) is 0 Å². The van der Waals surface area contributed by atoms with Crippen LogP contribution in [0.4, 0.5) is 0 Å². The Morgan fingerprint density at radius 1 is 0.935 bits per heavy atom. The van der Waals surface area contributed by atoms with Crippen LogP contribution in [0, 0.1) is 0 Å². The van der Waals surface area contributed by atoms with Crippen LogP contribution in [0.5, 0.6) is 5.75 Å². The number of aliphatic hydroxyl groups excluding tert-OH is 1. The monoisotopic (exact) mass is 425 g/mol. The van der Waals surface area contributed by atoms with Crippen LogP contribution < -0.4 is 0 Å². The van der Waals surface area contributed by atoms with Gasteiger partial charge >= 0.3 is 0 Å². The number of benzene rings is 1. The molecule has 0 spiro atoms. The number of pyridine rings is 1. The van der Waals surface area contributed by atoms with Crippen molar-refractivity contribution in [3.05, 3.63) is 58.9 Å². The van der Waals surface area contributed by atoms with E-state index in [1.54, 1.807) is 0 Å². The third kappa shape index (κ3) is 5.46. The number of phenols is 1. The van der Waals surface area contributed by atoms with E-state index >= 15 is 0 Å². The zero-order valence-corrected chi connectivity index (χ0v) is 20.0. The first-order valence-electron chi connectivity index (χ1n) is 11.4. The summed E-state index contributed by atoms with van der Waals surface area (Å²) >= 11 is 0. The number of hydrogen-bond acceptors (Lipinski definition) is 5. The first-order chi connectivity index (χ1) is 14.5. The van der Waals surface area contributed by atoms with Crippen molar-refractivity contribution >= 4 is 0 Å². The highest BCUT2D eigenvalue weighted by Crippen LogP contribution is 2.42. The van der Waals surface area contributed by atoms with Crippen LogP contribution in [0.15, 0.2) is 36.7 Å². The fourth-order valence-electron chi connectivity index (χ4n) is 4.50. The lowest BCUT2D eigenvalue weighted by atomic mass is 9.77. The summed E-state index contributed by atoms with van der Waals surface area (Å²) in [5.41, 5.74) is 4.02. The molecule has 31 heavy (non-hydrogen) atoms. The summed E-state index contributed by atoms with van der Waals surface area (Å²) in [6, 6.07) is 8.62. The van der Waals surface area contributed by atoms with Gasteiger partial charge in [-0.15, -0.1) is 0 Å². The van der Waals surface area contributed by atoms with Crippen molar-refractivity contribution in [1.82, 2.24) is 14.8 Å². The molecule has 1 fully saturated rings. The van der Waals surface area contributed by atoms with Crippen molar-refractivity contribution in [3.8, 4) is 5.75 Å². The predicted octanol–water partition coefficient (Wildman–Crippen LogP) is 4.08. The van der Waals surface area contributed by atoms with Crippen LogP contribution in [0.1, 0.15) is 69.8 Å². The topological polar surface area (TPSA) is 59.8 Å². The molecule has 1 saturated heterocycles. The third-order valence-electron chi connectivity index (χ3n) is 6.25. The van der Waals surface area contributed by atoms with Gasteiger partial charge < -0.3 is 10.2 Å². The lowest BCUT2D eigenvalue weighted by molar-refractivity contribution is 0.0943. The third-order valence-corrected chi connectivity index (χ3v) is 6.25. The molecule has 0 aliphatic carbocycles. The molecule has 1 aromatic carbocycles. The number of rotatable bonds is 5. The van der Waals surface area contributed by atoms with Gasteiger partial charge in [-0.25, -0.2) is 0 Å². The normalized spacial score (nSPS) is 17.6. The predicted molar refractivity (Wildman–Crippen MR) is 127 cm³/mol. The maximum atomic E-state index is 11.2. The molecule has 0 radical (unpaired) electrons. The second-order valence-electron chi connectivity index (χ2n) is 10.8. The highest BCUT2D eigenvalue weighted by atomic mass is 16.3. The zero-order chi connectivity index (χ0) is 22.8. The van der Waals surface area contributed by atoms with Crippen LogP contribution in [0.3, 0.4) is 0 Å². The first kappa shape index (κ1) is 23.7. The van der Waals surface area contributed by atoms with E-state index in [9.17, 15) is 10.2 Å². The summed E-state index contributed by atoms with van der Waals surface area (Å²) in [4.78, 5) is 9.24. The second kappa shape index (κ2) is 9.27. The molecule has 1 aliphatic rings. The average Bonchev–Trinajstić information content (AvgIpc) is 2.70. The molecule has 1 atom stereocenters. The van der Waals surface area contributed by atoms with Crippen molar-refractivity contribution in [3.63, 3.8) is 0 Å². The minimum atomic E-state index is -0.167. The lowest BCUT2D eigenvalue weighted by Gasteiger charge is -2.40. The summed E-state index contributed by atoms with van der Waals surface area (Å²) < 4.78 is 0. The number of aromatic hydroxyl groups is 1. The Kier molecular flexibility index (Phi) is 7.09. The molecule has 5 heteroatoms. The molecule has 0 saturated carbocycles. The summed E-state index contributed by atoms with van der Waals surface area (Å²) in [7, 11) is 0. The van der Waals surface area contributed by atoms with Crippen LogP contribution in [-0.4, -0.2) is 64.3 Å². The van der Waals surface area contributed by atoms with E-state index in [2.05, 4.69) is 74.5 Å². The molecule has 0 unspecified atom stereocenters. The van der Waals surface area contributed by atoms with Gasteiger partial charge in [-0.1, -0.05) is 47.6 Å². The van der Waals surface area contributed by atoms with E-state index in [0.717, 1.165) is 43.9 Å². The molecule has 2 heterocycles.